The molecule has 1 saturated carbocycles. The second-order valence-electron chi connectivity index (χ2n) is 4.25. The van der Waals surface area contributed by atoms with E-state index in [2.05, 4.69) is 0 Å². The molecule has 12 heavy (non-hydrogen) atoms. The van der Waals surface area contributed by atoms with Gasteiger partial charge in [-0.3, -0.25) is 0 Å². The number of carbonyl (C=O) groups is 1. The fourth-order valence-electron chi connectivity index (χ4n) is 2.15. The number of hydrogen-bond donors (Lipinski definition) is 0. The highest BCUT2D eigenvalue weighted by molar-refractivity contribution is 5.58. The molecular weight excluding hydrogens is 152 g/mol. The molecule has 0 aromatic carbocycles. The van der Waals surface area contributed by atoms with Gasteiger partial charge in [-0.15, -0.1) is 0 Å². The van der Waals surface area contributed by atoms with Crippen molar-refractivity contribution in [2.75, 3.05) is 7.11 Å². The van der Waals surface area contributed by atoms with E-state index in [4.69, 9.17) is 4.74 Å². The summed E-state index contributed by atoms with van der Waals surface area (Å²) in [6.45, 7) is 4.00. The summed E-state index contributed by atoms with van der Waals surface area (Å²) in [6.07, 6.45) is 4.79. The van der Waals surface area contributed by atoms with Crippen molar-refractivity contribution in [1.29, 1.82) is 0 Å². The van der Waals surface area contributed by atoms with Crippen molar-refractivity contribution in [3.63, 3.8) is 0 Å². The van der Waals surface area contributed by atoms with Crippen LogP contribution in [-0.4, -0.2) is 19.5 Å². The van der Waals surface area contributed by atoms with Crippen molar-refractivity contribution >= 4 is 6.29 Å². The van der Waals surface area contributed by atoms with Gasteiger partial charge in [0.05, 0.1) is 6.10 Å². The molecular formula is C10H18O2. The monoisotopic (exact) mass is 170 g/mol. The van der Waals surface area contributed by atoms with Crippen LogP contribution < -0.4 is 0 Å². The van der Waals surface area contributed by atoms with E-state index in [9.17, 15) is 4.79 Å². The van der Waals surface area contributed by atoms with Crippen LogP contribution >= 0.6 is 0 Å². The third-order valence-electron chi connectivity index (χ3n) is 3.01. The number of rotatable bonds is 3. The van der Waals surface area contributed by atoms with Crippen LogP contribution in [0.3, 0.4) is 0 Å². The number of methoxy groups -OCH3 is 1. The lowest BCUT2D eigenvalue weighted by Crippen LogP contribution is -2.32. The third kappa shape index (κ3) is 1.69. The highest BCUT2D eigenvalue weighted by atomic mass is 16.5. The highest BCUT2D eigenvalue weighted by Gasteiger charge is 2.38. The Morgan fingerprint density at radius 3 is 2.58 bits per heavy atom. The molecule has 0 bridgehead atoms. The van der Waals surface area contributed by atoms with E-state index in [1.807, 2.05) is 13.8 Å². The van der Waals surface area contributed by atoms with Crippen LogP contribution in [0.4, 0.5) is 0 Å². The normalized spacial score (nSPS) is 30.6. The average Bonchev–Trinajstić information content (AvgIpc) is 2.52. The van der Waals surface area contributed by atoms with Gasteiger partial charge >= 0.3 is 0 Å². The topological polar surface area (TPSA) is 26.3 Å². The van der Waals surface area contributed by atoms with E-state index in [0.29, 0.717) is 12.0 Å². The molecule has 0 aliphatic heterocycles. The summed E-state index contributed by atoms with van der Waals surface area (Å²) in [6, 6.07) is 0. The van der Waals surface area contributed by atoms with Crippen molar-refractivity contribution in [2.24, 2.45) is 11.3 Å². The molecule has 0 aromatic rings. The van der Waals surface area contributed by atoms with Gasteiger partial charge in [0, 0.05) is 12.5 Å². The quantitative estimate of drug-likeness (QED) is 0.606. The Labute approximate surface area is 74.3 Å². The second kappa shape index (κ2) is 3.56. The highest BCUT2D eigenvalue weighted by Crippen LogP contribution is 2.39. The lowest BCUT2D eigenvalue weighted by atomic mass is 9.78. The summed E-state index contributed by atoms with van der Waals surface area (Å²) in [4.78, 5) is 10.8. The number of carbonyl (C=O) groups excluding carboxylic acids is 1. The van der Waals surface area contributed by atoms with E-state index in [-0.39, 0.29) is 5.41 Å². The van der Waals surface area contributed by atoms with Gasteiger partial charge in [0.2, 0.25) is 0 Å². The summed E-state index contributed by atoms with van der Waals surface area (Å²) in [7, 11) is 1.74. The molecule has 2 unspecified atom stereocenters. The van der Waals surface area contributed by atoms with Gasteiger partial charge in [-0.25, -0.2) is 0 Å². The Morgan fingerprint density at radius 2 is 2.08 bits per heavy atom. The zero-order chi connectivity index (χ0) is 9.19. The van der Waals surface area contributed by atoms with Gasteiger partial charge < -0.3 is 9.53 Å². The first-order valence-corrected chi connectivity index (χ1v) is 4.61. The Kier molecular flexibility index (Phi) is 2.89. The molecule has 0 N–H and O–H groups in total. The van der Waals surface area contributed by atoms with Gasteiger partial charge in [0.1, 0.15) is 6.29 Å². The molecule has 2 atom stereocenters. The van der Waals surface area contributed by atoms with E-state index < -0.39 is 0 Å². The molecule has 1 aliphatic rings. The van der Waals surface area contributed by atoms with Gasteiger partial charge in [-0.1, -0.05) is 20.3 Å². The first-order chi connectivity index (χ1) is 5.61. The molecule has 0 saturated heterocycles. The first kappa shape index (κ1) is 9.72. The maximum Gasteiger partial charge on any atom is 0.125 e. The van der Waals surface area contributed by atoms with Gasteiger partial charge in [-0.2, -0.15) is 0 Å². The predicted octanol–water partition coefficient (Wildman–Crippen LogP) is 2.03. The molecule has 1 rings (SSSR count). The summed E-state index contributed by atoms with van der Waals surface area (Å²) in [5.41, 5.74) is -0.211. The molecule has 0 aromatic heterocycles. The minimum Gasteiger partial charge on any atom is -0.381 e. The lowest BCUT2D eigenvalue weighted by Gasteiger charge is -2.29. The Hall–Kier alpha value is -0.370. The molecule has 0 amide bonds. The standard InChI is InChI=1S/C10H18O2/c1-10(2,7-11)8-5-4-6-9(8)12-3/h7-9H,4-6H2,1-3H3. The zero-order valence-electron chi connectivity index (χ0n) is 8.17. The SMILES string of the molecule is COC1CCCC1C(C)(C)C=O. The van der Waals surface area contributed by atoms with E-state index in [1.165, 1.54) is 6.42 Å². The largest absolute Gasteiger partial charge is 0.381 e. The summed E-state index contributed by atoms with van der Waals surface area (Å²) < 4.78 is 5.35. The molecule has 1 fully saturated rings. The average molecular weight is 170 g/mol. The van der Waals surface area contributed by atoms with Crippen LogP contribution in [0.2, 0.25) is 0 Å². The van der Waals surface area contributed by atoms with Gasteiger partial charge in [0.15, 0.2) is 0 Å². The van der Waals surface area contributed by atoms with E-state index >= 15 is 0 Å². The molecule has 70 valence electrons. The van der Waals surface area contributed by atoms with Crippen molar-refractivity contribution in [2.45, 2.75) is 39.2 Å². The summed E-state index contributed by atoms with van der Waals surface area (Å²) in [5.74, 6) is 0.417. The van der Waals surface area contributed by atoms with Crippen LogP contribution in [0.15, 0.2) is 0 Å². The molecule has 2 nitrogen and oxygen atoms in total. The Morgan fingerprint density at radius 1 is 1.42 bits per heavy atom. The lowest BCUT2D eigenvalue weighted by molar-refractivity contribution is -0.119. The van der Waals surface area contributed by atoms with Gasteiger partial charge in [0.25, 0.3) is 0 Å². The Bertz CT molecular complexity index is 163. The smallest absolute Gasteiger partial charge is 0.125 e. The predicted molar refractivity (Wildman–Crippen MR) is 48.0 cm³/mol. The summed E-state index contributed by atoms with van der Waals surface area (Å²) >= 11 is 0. The fraction of sp³-hybridized carbons (Fsp3) is 0.900. The van der Waals surface area contributed by atoms with Crippen LogP contribution in [0, 0.1) is 11.3 Å². The van der Waals surface area contributed by atoms with Crippen molar-refractivity contribution in [1.82, 2.24) is 0 Å². The minimum absolute atomic E-state index is 0.211. The number of ether oxygens (including phenoxy) is 1. The van der Waals surface area contributed by atoms with Crippen LogP contribution in [-0.2, 0) is 9.53 Å². The maximum absolute atomic E-state index is 10.8. The van der Waals surface area contributed by atoms with Crippen molar-refractivity contribution in [3.8, 4) is 0 Å². The second-order valence-corrected chi connectivity index (χ2v) is 4.25. The summed E-state index contributed by atoms with van der Waals surface area (Å²) in [5, 5.41) is 0. The molecule has 0 heterocycles. The Balaban J connectivity index is 2.66. The molecule has 1 aliphatic carbocycles. The number of hydrogen-bond acceptors (Lipinski definition) is 2. The number of aldehydes is 1. The first-order valence-electron chi connectivity index (χ1n) is 4.61. The van der Waals surface area contributed by atoms with E-state index in [1.54, 1.807) is 7.11 Å². The third-order valence-corrected chi connectivity index (χ3v) is 3.01. The van der Waals surface area contributed by atoms with Crippen LogP contribution in [0.5, 0.6) is 0 Å². The van der Waals surface area contributed by atoms with E-state index in [0.717, 1.165) is 19.1 Å². The van der Waals surface area contributed by atoms with Crippen LogP contribution in [0.25, 0.3) is 0 Å². The fourth-order valence-corrected chi connectivity index (χ4v) is 2.15. The van der Waals surface area contributed by atoms with Crippen molar-refractivity contribution in [3.05, 3.63) is 0 Å². The van der Waals surface area contributed by atoms with Gasteiger partial charge in [-0.05, 0) is 18.8 Å². The maximum atomic E-state index is 10.8. The molecule has 0 spiro atoms. The van der Waals surface area contributed by atoms with Crippen LogP contribution in [0.1, 0.15) is 33.1 Å². The minimum atomic E-state index is -0.211. The molecule has 2 heteroatoms. The van der Waals surface area contributed by atoms with Crippen molar-refractivity contribution < 1.29 is 9.53 Å². The molecule has 0 radical (unpaired) electrons. The zero-order valence-corrected chi connectivity index (χ0v) is 8.17.